The molecule has 1 N–H and O–H groups in total. The maximum absolute atomic E-state index is 12.7. The van der Waals surface area contributed by atoms with E-state index in [0.29, 0.717) is 12.8 Å². The molecule has 0 aliphatic carbocycles. The van der Waals surface area contributed by atoms with E-state index in [1.807, 2.05) is 13.1 Å². The molecule has 0 saturated carbocycles. The molecule has 1 atom stereocenters. The quantitative estimate of drug-likeness (QED) is 0.107. The summed E-state index contributed by atoms with van der Waals surface area (Å²) in [7, 11) is -4.68. The van der Waals surface area contributed by atoms with Crippen molar-refractivity contribution in [3.63, 3.8) is 0 Å². The Kier molecular flexibility index (Phi) is 13.0. The van der Waals surface area contributed by atoms with Crippen LogP contribution in [-0.2, 0) is 32.5 Å². The molecule has 1 rings (SSSR count). The van der Waals surface area contributed by atoms with Gasteiger partial charge in [-0.05, 0) is 38.8 Å². The number of rotatable bonds is 16. The Morgan fingerprint density at radius 2 is 1.88 bits per heavy atom. The third-order valence-electron chi connectivity index (χ3n) is 3.71. The molecule has 1 heterocycles. The minimum absolute atomic E-state index is 0.0308. The lowest BCUT2D eigenvalue weighted by molar-refractivity contribution is -0.108. The minimum Gasteiger partial charge on any atom is -0.366 e. The van der Waals surface area contributed by atoms with Crippen molar-refractivity contribution in [2.24, 2.45) is 5.41 Å². The summed E-state index contributed by atoms with van der Waals surface area (Å²) in [4.78, 5) is 25.3. The molecule has 0 spiro atoms. The van der Waals surface area contributed by atoms with Crippen LogP contribution in [0.15, 0.2) is 6.33 Å². The highest BCUT2D eigenvalue weighted by molar-refractivity contribution is 7.53. The first kappa shape index (κ1) is 29.9. The van der Waals surface area contributed by atoms with E-state index in [9.17, 15) is 9.36 Å². The van der Waals surface area contributed by atoms with Crippen molar-refractivity contribution in [2.75, 3.05) is 36.7 Å². The largest absolute Gasteiger partial charge is 0.366 e. The van der Waals surface area contributed by atoms with E-state index in [0.717, 1.165) is 5.23 Å². The predicted octanol–water partition coefficient (Wildman–Crippen LogP) is 4.66. The first-order valence-electron chi connectivity index (χ1n) is 10.6. The first-order chi connectivity index (χ1) is 15.4. The van der Waals surface area contributed by atoms with Crippen LogP contribution in [0.4, 0.5) is 11.5 Å². The first-order valence-corrected chi connectivity index (χ1v) is 15.1. The number of amides is 1. The van der Waals surface area contributed by atoms with Gasteiger partial charge in [0.1, 0.15) is 24.5 Å². The number of hydrogen-bond acceptors (Lipinski definition) is 10. The fourth-order valence-corrected chi connectivity index (χ4v) is 4.69. The van der Waals surface area contributed by atoms with Crippen LogP contribution < -0.4 is 10.5 Å². The molecule has 1 radical (unpaired) electrons. The average Bonchev–Trinajstić information content (AvgIpc) is 2.68. The molecule has 11 nitrogen and oxygen atoms in total. The molecule has 33 heavy (non-hydrogen) atoms. The van der Waals surface area contributed by atoms with Crippen molar-refractivity contribution in [3.05, 3.63) is 11.5 Å². The van der Waals surface area contributed by atoms with E-state index in [1.54, 1.807) is 13.8 Å². The van der Waals surface area contributed by atoms with E-state index in [4.69, 9.17) is 34.7 Å². The Balaban J connectivity index is 3.12. The molecule has 1 aromatic rings. The highest BCUT2D eigenvalue weighted by Crippen LogP contribution is 2.48. The summed E-state index contributed by atoms with van der Waals surface area (Å²) in [5, 5.41) is 3.65. The molecule has 0 aromatic carbocycles. The van der Waals surface area contributed by atoms with Gasteiger partial charge in [0.2, 0.25) is 21.3 Å². The van der Waals surface area contributed by atoms with Gasteiger partial charge in [-0.15, -0.1) is 5.23 Å². The van der Waals surface area contributed by atoms with Gasteiger partial charge in [0.25, 0.3) is 0 Å². The van der Waals surface area contributed by atoms with Crippen LogP contribution in [0.3, 0.4) is 0 Å². The predicted molar refractivity (Wildman–Crippen MR) is 128 cm³/mol. The van der Waals surface area contributed by atoms with E-state index < -0.39 is 22.7 Å². The molecular weight excluding hydrogens is 491 g/mol. The molecule has 0 saturated heterocycles. The number of halogens is 1. The number of ether oxygens (including phenoxy) is 1. The topological polar surface area (TPSA) is 121 Å². The molecule has 0 bridgehead atoms. The van der Waals surface area contributed by atoms with Crippen molar-refractivity contribution in [1.82, 2.24) is 9.97 Å². The Morgan fingerprint density at radius 3 is 2.39 bits per heavy atom. The van der Waals surface area contributed by atoms with Crippen LogP contribution in [0.2, 0.25) is 18.2 Å². The van der Waals surface area contributed by atoms with Crippen LogP contribution >= 0.6 is 19.2 Å². The van der Waals surface area contributed by atoms with Crippen LogP contribution in [0.1, 0.15) is 41.0 Å². The molecule has 0 aliphatic rings. The van der Waals surface area contributed by atoms with Gasteiger partial charge in [-0.2, -0.15) is 0 Å². The minimum atomic E-state index is -3.37. The van der Waals surface area contributed by atoms with Gasteiger partial charge in [-0.3, -0.25) is 13.9 Å². The number of nitrogens with one attached hydrogen (secondary N) is 1. The highest BCUT2D eigenvalue weighted by atomic mass is 35.5. The summed E-state index contributed by atoms with van der Waals surface area (Å²) < 4.78 is 34.9. The number of nitrogens with zero attached hydrogens (tertiary/aromatic N) is 3. The molecular formula is C19H35ClN4O7PSi. The third-order valence-corrected chi connectivity index (χ3v) is 6.33. The summed E-state index contributed by atoms with van der Waals surface area (Å²) in [6, 6.07) is 0. The average molecular weight is 526 g/mol. The second-order valence-corrected chi connectivity index (χ2v) is 12.7. The number of carbonyl (C=O) groups excluding carboxylic acids is 1. The molecule has 1 unspecified atom stereocenters. The lowest BCUT2D eigenvalue weighted by Crippen LogP contribution is -2.38. The van der Waals surface area contributed by atoms with Crippen LogP contribution in [0, 0.1) is 5.41 Å². The Bertz CT molecular complexity index is 775. The van der Waals surface area contributed by atoms with Crippen molar-refractivity contribution < 1.29 is 32.5 Å². The van der Waals surface area contributed by atoms with Crippen molar-refractivity contribution in [1.29, 1.82) is 0 Å². The molecule has 1 aromatic heterocycles. The van der Waals surface area contributed by atoms with Gasteiger partial charge in [-0.1, -0.05) is 32.4 Å². The second-order valence-electron chi connectivity index (χ2n) is 8.32. The number of hydrogen-bond donors (Lipinski definition) is 1. The summed E-state index contributed by atoms with van der Waals surface area (Å²) in [5.41, 5.74) is 0.00728. The lowest BCUT2D eigenvalue weighted by Gasteiger charge is -2.32. The van der Waals surface area contributed by atoms with E-state index >= 15 is 0 Å². The molecule has 0 fully saturated rings. The molecule has 189 valence electrons. The molecule has 1 amide bonds. The third kappa shape index (κ3) is 11.2. The van der Waals surface area contributed by atoms with E-state index in [1.165, 1.54) is 6.33 Å². The van der Waals surface area contributed by atoms with Crippen LogP contribution in [-0.4, -0.2) is 57.7 Å². The van der Waals surface area contributed by atoms with Gasteiger partial charge in [-0.25, -0.2) is 14.8 Å². The van der Waals surface area contributed by atoms with Gasteiger partial charge >= 0.3 is 7.60 Å². The Hall–Kier alpha value is -1.11. The smallest absolute Gasteiger partial charge is 0.356 e. The maximum Gasteiger partial charge on any atom is 0.356 e. The highest BCUT2D eigenvalue weighted by Gasteiger charge is 2.29. The Labute approximate surface area is 202 Å². The molecule has 0 aliphatic heterocycles. The second kappa shape index (κ2) is 14.3. The van der Waals surface area contributed by atoms with Crippen molar-refractivity contribution >= 4 is 46.2 Å². The zero-order chi connectivity index (χ0) is 25.1. The van der Waals surface area contributed by atoms with E-state index in [2.05, 4.69) is 36.1 Å². The fraction of sp³-hybridized carbons (Fsp3) is 0.737. The summed E-state index contributed by atoms with van der Waals surface area (Å²) in [5.74, 6) is 0.140. The van der Waals surface area contributed by atoms with Crippen molar-refractivity contribution in [2.45, 2.75) is 60.2 Å². The van der Waals surface area contributed by atoms with Gasteiger partial charge < -0.3 is 19.1 Å². The fourth-order valence-electron chi connectivity index (χ4n) is 2.70. The van der Waals surface area contributed by atoms with Gasteiger partial charge in [0.05, 0.1) is 19.8 Å². The maximum atomic E-state index is 12.7. The normalized spacial score (nSPS) is 13.2. The SMILES string of the molecule is CCOP(=O)(COCC(CC(C)(C)C)ON(O[Si](C)C)c1ncnc(Cl)c1NC=O)OCC. The lowest BCUT2D eigenvalue weighted by atomic mass is 9.89. The monoisotopic (exact) mass is 525 g/mol. The number of anilines is 2. The van der Waals surface area contributed by atoms with E-state index in [-0.39, 0.29) is 48.2 Å². The number of aromatic nitrogens is 2. The van der Waals surface area contributed by atoms with Crippen molar-refractivity contribution in [3.8, 4) is 0 Å². The van der Waals surface area contributed by atoms with Crippen LogP contribution in [0.25, 0.3) is 0 Å². The standard InChI is InChI=1S/C19H35ClN4O7PSi/c1-8-28-32(26,29-9-2)14-27-11-15(10-19(3,4)5)30-24(31-33(6)7)18-16(23-13-25)17(20)21-12-22-18/h12-13,15H,8-11,14H2,1-7H3,(H,23,25). The Morgan fingerprint density at radius 1 is 1.24 bits per heavy atom. The summed E-state index contributed by atoms with van der Waals surface area (Å²) in [6.07, 6.45) is 1.52. The zero-order valence-electron chi connectivity index (χ0n) is 20.3. The van der Waals surface area contributed by atoms with Gasteiger partial charge in [0.15, 0.2) is 5.15 Å². The zero-order valence-corrected chi connectivity index (χ0v) is 22.9. The van der Waals surface area contributed by atoms with Gasteiger partial charge in [0, 0.05) is 0 Å². The van der Waals surface area contributed by atoms with Crippen LogP contribution in [0.5, 0.6) is 0 Å². The number of carbonyl (C=O) groups is 1. The molecule has 14 heteroatoms. The summed E-state index contributed by atoms with van der Waals surface area (Å²) in [6.45, 7) is 14.0. The summed E-state index contributed by atoms with van der Waals surface area (Å²) >= 11 is 6.14.